The van der Waals surface area contributed by atoms with Crippen molar-refractivity contribution in [1.82, 2.24) is 10.2 Å². The number of thiocarbonyl (C=S) groups is 1. The van der Waals surface area contributed by atoms with Gasteiger partial charge in [0.1, 0.15) is 0 Å². The monoisotopic (exact) mass is 294 g/mol. The van der Waals surface area contributed by atoms with Gasteiger partial charge in [0, 0.05) is 18.6 Å². The number of nitrogens with one attached hydrogen (secondary N) is 1. The fourth-order valence-corrected chi connectivity index (χ4v) is 6.04. The lowest BCUT2D eigenvalue weighted by atomic mass is 9.53. The fraction of sp³-hybridized carbons (Fsp3) is 0.938. The molecule has 2 N–H and O–H groups in total. The zero-order valence-corrected chi connectivity index (χ0v) is 13.0. The number of rotatable bonds is 1. The van der Waals surface area contributed by atoms with E-state index in [2.05, 4.69) is 10.2 Å². The number of likely N-dealkylation sites (tertiary alicyclic amines) is 1. The van der Waals surface area contributed by atoms with Crippen LogP contribution in [0.5, 0.6) is 0 Å². The van der Waals surface area contributed by atoms with E-state index in [1.807, 2.05) is 0 Å². The maximum atomic E-state index is 9.62. The van der Waals surface area contributed by atoms with Crippen molar-refractivity contribution in [3.63, 3.8) is 0 Å². The van der Waals surface area contributed by atoms with Gasteiger partial charge in [0.25, 0.3) is 0 Å². The molecule has 0 spiro atoms. The van der Waals surface area contributed by atoms with E-state index < -0.39 is 0 Å². The van der Waals surface area contributed by atoms with Crippen LogP contribution in [0, 0.1) is 17.8 Å². The van der Waals surface area contributed by atoms with Gasteiger partial charge in [-0.05, 0) is 81.3 Å². The summed E-state index contributed by atoms with van der Waals surface area (Å²) in [6.45, 7) is 1.83. The number of aliphatic hydroxyl groups is 1. The Bertz CT molecular complexity index is 368. The second kappa shape index (κ2) is 4.84. The van der Waals surface area contributed by atoms with Crippen molar-refractivity contribution in [3.8, 4) is 0 Å². The Labute approximate surface area is 127 Å². The maximum absolute atomic E-state index is 9.62. The van der Waals surface area contributed by atoms with E-state index in [1.165, 1.54) is 38.5 Å². The molecule has 112 valence electrons. The molecule has 0 unspecified atom stereocenters. The quantitative estimate of drug-likeness (QED) is 0.727. The third-order valence-electron chi connectivity index (χ3n) is 6.16. The highest BCUT2D eigenvalue weighted by Gasteiger charge is 2.51. The van der Waals surface area contributed by atoms with Crippen molar-refractivity contribution >= 4 is 17.3 Å². The average molecular weight is 294 g/mol. The van der Waals surface area contributed by atoms with E-state index in [4.69, 9.17) is 12.2 Å². The van der Waals surface area contributed by atoms with Crippen LogP contribution in [0.4, 0.5) is 0 Å². The SMILES string of the molecule is OC1CCN(C(=S)NC23CC4CC(CC(C4)C2)C3)CC1. The first-order valence-electron chi connectivity index (χ1n) is 8.37. The molecule has 1 aliphatic heterocycles. The first-order valence-corrected chi connectivity index (χ1v) is 8.78. The highest BCUT2D eigenvalue weighted by atomic mass is 32.1. The predicted octanol–water partition coefficient (Wildman–Crippen LogP) is 2.29. The molecule has 1 saturated heterocycles. The Morgan fingerprint density at radius 2 is 1.50 bits per heavy atom. The molecule has 1 heterocycles. The number of hydrogen-bond acceptors (Lipinski definition) is 2. The maximum Gasteiger partial charge on any atom is 0.169 e. The summed E-state index contributed by atoms with van der Waals surface area (Å²) in [5.74, 6) is 2.87. The van der Waals surface area contributed by atoms with E-state index in [-0.39, 0.29) is 6.10 Å². The van der Waals surface area contributed by atoms with Gasteiger partial charge in [0.05, 0.1) is 6.10 Å². The Morgan fingerprint density at radius 3 is 2.00 bits per heavy atom. The summed E-state index contributed by atoms with van der Waals surface area (Å²) in [6, 6.07) is 0. The van der Waals surface area contributed by atoms with Crippen molar-refractivity contribution in [2.24, 2.45) is 17.8 Å². The smallest absolute Gasteiger partial charge is 0.169 e. The Morgan fingerprint density at radius 1 is 1.00 bits per heavy atom. The second-order valence-electron chi connectivity index (χ2n) is 7.85. The molecule has 0 radical (unpaired) electrons. The number of nitrogens with zero attached hydrogens (tertiary/aromatic N) is 1. The van der Waals surface area contributed by atoms with E-state index in [9.17, 15) is 5.11 Å². The molecule has 3 nitrogen and oxygen atoms in total. The van der Waals surface area contributed by atoms with Gasteiger partial charge in [-0.15, -0.1) is 0 Å². The minimum absolute atomic E-state index is 0.117. The van der Waals surface area contributed by atoms with Gasteiger partial charge < -0.3 is 15.3 Å². The second-order valence-corrected chi connectivity index (χ2v) is 8.23. The molecule has 4 saturated carbocycles. The topological polar surface area (TPSA) is 35.5 Å². The zero-order valence-electron chi connectivity index (χ0n) is 12.2. The van der Waals surface area contributed by atoms with Crippen molar-refractivity contribution < 1.29 is 5.11 Å². The number of hydrogen-bond donors (Lipinski definition) is 2. The first-order chi connectivity index (χ1) is 9.62. The van der Waals surface area contributed by atoms with Crippen LogP contribution in [0.1, 0.15) is 51.4 Å². The molecule has 0 atom stereocenters. The van der Waals surface area contributed by atoms with Crippen LogP contribution in [-0.2, 0) is 0 Å². The third kappa shape index (κ3) is 2.35. The lowest BCUT2D eigenvalue weighted by Gasteiger charge is -2.57. The molecule has 4 heteroatoms. The van der Waals surface area contributed by atoms with E-state index >= 15 is 0 Å². The molecule has 0 aromatic heterocycles. The van der Waals surface area contributed by atoms with Crippen LogP contribution in [-0.4, -0.2) is 39.9 Å². The molecule has 0 aromatic carbocycles. The fourth-order valence-electron chi connectivity index (χ4n) is 5.64. The largest absolute Gasteiger partial charge is 0.393 e. The molecular formula is C16H26N2OS. The summed E-state index contributed by atoms with van der Waals surface area (Å²) in [6.07, 6.45) is 10.1. The summed E-state index contributed by atoms with van der Waals surface area (Å²) in [5.41, 5.74) is 0.321. The average Bonchev–Trinajstić information content (AvgIpc) is 2.37. The van der Waals surface area contributed by atoms with Crippen molar-refractivity contribution in [2.75, 3.05) is 13.1 Å². The van der Waals surface area contributed by atoms with Crippen LogP contribution < -0.4 is 5.32 Å². The molecular weight excluding hydrogens is 268 g/mol. The molecule has 5 fully saturated rings. The highest BCUT2D eigenvalue weighted by molar-refractivity contribution is 7.80. The van der Waals surface area contributed by atoms with Gasteiger partial charge in [-0.2, -0.15) is 0 Å². The molecule has 20 heavy (non-hydrogen) atoms. The summed E-state index contributed by atoms with van der Waals surface area (Å²) in [5, 5.41) is 14.4. The van der Waals surface area contributed by atoms with Crippen LogP contribution in [0.15, 0.2) is 0 Å². The van der Waals surface area contributed by atoms with Crippen molar-refractivity contribution in [1.29, 1.82) is 0 Å². The summed E-state index contributed by atoms with van der Waals surface area (Å²) >= 11 is 5.68. The lowest BCUT2D eigenvalue weighted by molar-refractivity contribution is -0.0116. The van der Waals surface area contributed by atoms with Crippen LogP contribution in [0.25, 0.3) is 0 Å². The molecule has 0 amide bonds. The van der Waals surface area contributed by atoms with E-state index in [0.29, 0.717) is 5.54 Å². The Hall–Kier alpha value is -0.350. The summed E-state index contributed by atoms with van der Waals surface area (Å²) in [7, 11) is 0. The van der Waals surface area contributed by atoms with Gasteiger partial charge in [-0.25, -0.2) is 0 Å². The highest BCUT2D eigenvalue weighted by Crippen LogP contribution is 2.55. The van der Waals surface area contributed by atoms with Gasteiger partial charge in [-0.1, -0.05) is 0 Å². The van der Waals surface area contributed by atoms with Gasteiger partial charge in [-0.3, -0.25) is 0 Å². The standard InChI is InChI=1S/C16H26N2OS/c19-14-1-3-18(4-2-14)15(20)17-16-8-11-5-12(9-16)7-13(6-11)10-16/h11-14,19H,1-10H2,(H,17,20). The van der Waals surface area contributed by atoms with Crippen LogP contribution in [0.3, 0.4) is 0 Å². The van der Waals surface area contributed by atoms with Gasteiger partial charge in [0.2, 0.25) is 0 Å². The molecule has 0 aromatic rings. The third-order valence-corrected chi connectivity index (χ3v) is 6.52. The van der Waals surface area contributed by atoms with E-state index in [1.54, 1.807) is 0 Å². The number of piperidine rings is 1. The first kappa shape index (κ1) is 13.3. The van der Waals surface area contributed by atoms with Crippen LogP contribution in [0.2, 0.25) is 0 Å². The molecule has 5 aliphatic rings. The molecule has 4 bridgehead atoms. The van der Waals surface area contributed by atoms with Gasteiger partial charge >= 0.3 is 0 Å². The molecule has 5 rings (SSSR count). The van der Waals surface area contributed by atoms with Crippen molar-refractivity contribution in [3.05, 3.63) is 0 Å². The normalized spacial score (nSPS) is 43.9. The van der Waals surface area contributed by atoms with Crippen molar-refractivity contribution in [2.45, 2.75) is 63.0 Å². The zero-order chi connectivity index (χ0) is 13.7. The van der Waals surface area contributed by atoms with E-state index in [0.717, 1.165) is 48.8 Å². The molecule has 4 aliphatic carbocycles. The Kier molecular flexibility index (Phi) is 3.22. The Balaban J connectivity index is 1.42. The summed E-state index contributed by atoms with van der Waals surface area (Å²) in [4.78, 5) is 2.28. The predicted molar refractivity (Wildman–Crippen MR) is 83.5 cm³/mol. The van der Waals surface area contributed by atoms with Gasteiger partial charge in [0.15, 0.2) is 5.11 Å². The minimum atomic E-state index is -0.117. The summed E-state index contributed by atoms with van der Waals surface area (Å²) < 4.78 is 0. The number of aliphatic hydroxyl groups excluding tert-OH is 1. The van der Waals surface area contributed by atoms with Crippen LogP contribution >= 0.6 is 12.2 Å². The minimum Gasteiger partial charge on any atom is -0.393 e. The lowest BCUT2D eigenvalue weighted by Crippen LogP contribution is -2.62.